The van der Waals surface area contributed by atoms with Crippen molar-refractivity contribution in [2.45, 2.75) is 34.1 Å². The molecule has 0 amide bonds. The summed E-state index contributed by atoms with van der Waals surface area (Å²) in [6.45, 7) is 20.7. The van der Waals surface area contributed by atoms with Gasteiger partial charge in [0.15, 0.2) is 0 Å². The lowest BCUT2D eigenvalue weighted by molar-refractivity contribution is -0.138. The van der Waals surface area contributed by atoms with Crippen LogP contribution in [0.5, 0.6) is 5.75 Å². The van der Waals surface area contributed by atoms with Crippen LogP contribution in [-0.4, -0.2) is 18.5 Å². The molecule has 0 bridgehead atoms. The monoisotopic (exact) mass is 510 g/mol. The maximum Gasteiger partial charge on any atom is 0.338 e. The zero-order chi connectivity index (χ0) is 28.5. The normalized spacial score (nSPS) is 9.79. The highest BCUT2D eigenvalue weighted by Crippen LogP contribution is 2.27. The second-order valence-corrected chi connectivity index (χ2v) is 8.00. The molecule has 3 rings (SSSR count). The van der Waals surface area contributed by atoms with Crippen LogP contribution in [0.3, 0.4) is 0 Å². The van der Waals surface area contributed by atoms with Gasteiger partial charge in [-0.3, -0.25) is 0 Å². The fourth-order valence-corrected chi connectivity index (χ4v) is 3.11. The topological polar surface area (TPSA) is 52.6 Å². The van der Waals surface area contributed by atoms with E-state index in [2.05, 4.69) is 74.8 Å². The predicted molar refractivity (Wildman–Crippen MR) is 160 cm³/mol. The van der Waals surface area contributed by atoms with E-state index in [0.717, 1.165) is 27.8 Å². The number of carbonyl (C=O) groups is 2. The molecule has 0 unspecified atom stereocenters. The quantitative estimate of drug-likeness (QED) is 0.0948. The number of benzene rings is 3. The minimum atomic E-state index is -0.428. The van der Waals surface area contributed by atoms with Crippen LogP contribution >= 0.6 is 0 Å². The van der Waals surface area contributed by atoms with Crippen LogP contribution in [0.25, 0.3) is 28.3 Å². The molecule has 4 heteroatoms. The van der Waals surface area contributed by atoms with Gasteiger partial charge in [0.25, 0.3) is 0 Å². The first kappa shape index (κ1) is 31.6. The zero-order valence-corrected chi connectivity index (χ0v) is 23.0. The van der Waals surface area contributed by atoms with Crippen molar-refractivity contribution in [1.29, 1.82) is 0 Å². The molecule has 0 aliphatic rings. The Bertz CT molecular complexity index is 1210. The van der Waals surface area contributed by atoms with E-state index in [0.29, 0.717) is 29.9 Å². The van der Waals surface area contributed by atoms with Gasteiger partial charge in [-0.05, 0) is 60.2 Å². The van der Waals surface area contributed by atoms with E-state index in [1.165, 1.54) is 0 Å². The molecule has 3 aromatic rings. The average Bonchev–Trinajstić information content (AvgIpc) is 2.95. The highest BCUT2D eigenvalue weighted by atomic mass is 16.5. The van der Waals surface area contributed by atoms with Gasteiger partial charge in [0.05, 0.1) is 6.61 Å². The van der Waals surface area contributed by atoms with Crippen LogP contribution in [0, 0.1) is 0 Å². The van der Waals surface area contributed by atoms with Crippen LogP contribution in [0.15, 0.2) is 116 Å². The molecule has 4 nitrogen and oxygen atoms in total. The molecule has 0 radical (unpaired) electrons. The van der Waals surface area contributed by atoms with E-state index >= 15 is 0 Å². The molecule has 0 saturated heterocycles. The molecule has 0 saturated carbocycles. The minimum absolute atomic E-state index is 0.342. The molecule has 0 aliphatic carbocycles. The van der Waals surface area contributed by atoms with E-state index in [4.69, 9.17) is 9.47 Å². The number of ether oxygens (including phenoxy) is 2. The summed E-state index contributed by atoms with van der Waals surface area (Å²) < 4.78 is 10.3. The van der Waals surface area contributed by atoms with E-state index in [1.54, 1.807) is 26.0 Å². The Morgan fingerprint density at radius 1 is 0.684 bits per heavy atom. The SMILES string of the molecule is C=C.C=C(C)C(=O)OCC/C=C/c1ccc(-c2ccc(-c3ccc(OC(=O)C(=C)C)cc3)cc2)cc1.CC. The Morgan fingerprint density at radius 3 is 1.50 bits per heavy atom. The summed E-state index contributed by atoms with van der Waals surface area (Å²) >= 11 is 0. The highest BCUT2D eigenvalue weighted by Gasteiger charge is 2.06. The first-order valence-corrected chi connectivity index (χ1v) is 12.5. The maximum atomic E-state index is 11.6. The second kappa shape index (κ2) is 17.1. The lowest BCUT2D eigenvalue weighted by Crippen LogP contribution is -2.07. The van der Waals surface area contributed by atoms with Gasteiger partial charge in [0.1, 0.15) is 5.75 Å². The molecule has 0 spiro atoms. The summed E-state index contributed by atoms with van der Waals surface area (Å²) in [6.07, 6.45) is 4.65. The highest BCUT2D eigenvalue weighted by molar-refractivity contribution is 5.89. The summed E-state index contributed by atoms with van der Waals surface area (Å²) in [4.78, 5) is 23.0. The molecular weight excluding hydrogens is 472 g/mol. The van der Waals surface area contributed by atoms with Crippen molar-refractivity contribution in [3.63, 3.8) is 0 Å². The van der Waals surface area contributed by atoms with Crippen molar-refractivity contribution in [3.8, 4) is 28.0 Å². The van der Waals surface area contributed by atoms with Gasteiger partial charge in [0, 0.05) is 11.1 Å². The van der Waals surface area contributed by atoms with Crippen LogP contribution in [0.4, 0.5) is 0 Å². The van der Waals surface area contributed by atoms with Crippen LogP contribution in [0.2, 0.25) is 0 Å². The van der Waals surface area contributed by atoms with E-state index < -0.39 is 5.97 Å². The molecule has 3 aromatic carbocycles. The van der Waals surface area contributed by atoms with Crippen LogP contribution in [0.1, 0.15) is 39.7 Å². The summed E-state index contributed by atoms with van der Waals surface area (Å²) in [5, 5.41) is 0. The third-order valence-corrected chi connectivity index (χ3v) is 5.05. The number of hydrogen-bond acceptors (Lipinski definition) is 4. The summed E-state index contributed by atoms with van der Waals surface area (Å²) in [5.41, 5.74) is 6.22. The maximum absolute atomic E-state index is 11.6. The lowest BCUT2D eigenvalue weighted by Gasteiger charge is -2.07. The Kier molecular flexibility index (Phi) is 14.2. The van der Waals surface area contributed by atoms with Gasteiger partial charge < -0.3 is 9.47 Å². The third-order valence-electron chi connectivity index (χ3n) is 5.05. The predicted octanol–water partition coefficient (Wildman–Crippen LogP) is 8.85. The van der Waals surface area contributed by atoms with Crippen molar-refractivity contribution in [2.75, 3.05) is 6.61 Å². The molecule has 0 N–H and O–H groups in total. The molecule has 0 aliphatic heterocycles. The van der Waals surface area contributed by atoms with Gasteiger partial charge in [-0.1, -0.05) is 99.8 Å². The van der Waals surface area contributed by atoms with Crippen LogP contribution < -0.4 is 4.74 Å². The van der Waals surface area contributed by atoms with E-state index in [-0.39, 0.29) is 5.97 Å². The molecule has 0 heterocycles. The Balaban J connectivity index is 0.00000172. The fraction of sp³-hybridized carbons (Fsp3) is 0.176. The summed E-state index contributed by atoms with van der Waals surface area (Å²) in [7, 11) is 0. The largest absolute Gasteiger partial charge is 0.462 e. The second-order valence-electron chi connectivity index (χ2n) is 8.00. The average molecular weight is 511 g/mol. The number of carbonyl (C=O) groups excluding carboxylic acids is 2. The van der Waals surface area contributed by atoms with Gasteiger partial charge >= 0.3 is 11.9 Å². The van der Waals surface area contributed by atoms with Gasteiger partial charge in [-0.25, -0.2) is 9.59 Å². The number of hydrogen-bond donors (Lipinski definition) is 0. The smallest absolute Gasteiger partial charge is 0.338 e. The first-order chi connectivity index (χ1) is 18.3. The standard InChI is InChI=1S/C30H28O4.C2H6.C2H4/c1-21(2)29(31)33-20-6-5-7-23-8-10-24(11-9-23)25-12-14-26(15-13-25)27-16-18-28(19-17-27)34-30(32)22(3)4;2*1-2/h5,7-19H,1,3,6,20H2,2,4H3;1-2H3;1-2H2/b7-5+;;. The van der Waals surface area contributed by atoms with Crippen molar-refractivity contribution in [2.24, 2.45) is 0 Å². The Hall–Kier alpha value is -4.44. The van der Waals surface area contributed by atoms with Crippen molar-refractivity contribution in [3.05, 3.63) is 122 Å². The molecule has 38 heavy (non-hydrogen) atoms. The van der Waals surface area contributed by atoms with Crippen molar-refractivity contribution in [1.82, 2.24) is 0 Å². The van der Waals surface area contributed by atoms with E-state index in [9.17, 15) is 9.59 Å². The van der Waals surface area contributed by atoms with Crippen molar-refractivity contribution >= 4 is 18.0 Å². The Labute approximate surface area is 227 Å². The summed E-state index contributed by atoms with van der Waals surface area (Å²) in [6, 6.07) is 24.0. The molecule has 0 fully saturated rings. The van der Waals surface area contributed by atoms with Gasteiger partial charge in [-0.2, -0.15) is 0 Å². The third kappa shape index (κ3) is 10.3. The van der Waals surface area contributed by atoms with E-state index in [1.807, 2.05) is 38.1 Å². The number of rotatable bonds is 9. The molecule has 198 valence electrons. The van der Waals surface area contributed by atoms with Crippen molar-refractivity contribution < 1.29 is 19.1 Å². The first-order valence-electron chi connectivity index (χ1n) is 12.5. The molecule has 0 atom stereocenters. The Morgan fingerprint density at radius 2 is 1.08 bits per heavy atom. The van der Waals surface area contributed by atoms with Gasteiger partial charge in [0.2, 0.25) is 0 Å². The van der Waals surface area contributed by atoms with Crippen LogP contribution in [-0.2, 0) is 14.3 Å². The molecule has 0 aromatic heterocycles. The fourth-order valence-electron chi connectivity index (χ4n) is 3.11. The van der Waals surface area contributed by atoms with Gasteiger partial charge in [-0.15, -0.1) is 13.2 Å². The number of esters is 2. The zero-order valence-electron chi connectivity index (χ0n) is 23.0. The molecular formula is C34H38O4. The lowest BCUT2D eigenvalue weighted by atomic mass is 9.99. The summed E-state index contributed by atoms with van der Waals surface area (Å²) in [5.74, 6) is -0.289. The minimum Gasteiger partial charge on any atom is -0.462 e.